The van der Waals surface area contributed by atoms with Crippen molar-refractivity contribution in [3.8, 4) is 11.4 Å². The zero-order valence-electron chi connectivity index (χ0n) is 17.2. The molecule has 31 heavy (non-hydrogen) atoms. The minimum absolute atomic E-state index is 0.0329. The first kappa shape index (κ1) is 20.8. The van der Waals surface area contributed by atoms with Crippen LogP contribution in [0.3, 0.4) is 0 Å². The topological polar surface area (TPSA) is 95.1 Å². The monoisotopic (exact) mass is 436 g/mol. The second-order valence-corrected chi connectivity index (χ2v) is 7.91. The van der Waals surface area contributed by atoms with E-state index < -0.39 is 0 Å². The molecule has 0 unspecified atom stereocenters. The number of hydrogen-bond donors (Lipinski definition) is 3. The Balaban J connectivity index is 1.37. The average molecular weight is 437 g/mol. The third-order valence-electron chi connectivity index (χ3n) is 5.17. The summed E-state index contributed by atoms with van der Waals surface area (Å²) in [5.74, 6) is 0.521. The normalized spacial score (nSPS) is 13.7. The predicted octanol–water partition coefficient (Wildman–Crippen LogP) is 2.17. The van der Waals surface area contributed by atoms with Gasteiger partial charge in [0, 0.05) is 30.9 Å². The number of aryl methyl sites for hydroxylation is 1. The Morgan fingerprint density at radius 3 is 2.77 bits per heavy atom. The van der Waals surface area contributed by atoms with Gasteiger partial charge >= 0.3 is 0 Å². The number of H-pyrrole nitrogens is 1. The van der Waals surface area contributed by atoms with Gasteiger partial charge < -0.3 is 15.5 Å². The van der Waals surface area contributed by atoms with Crippen LogP contribution in [0.5, 0.6) is 0 Å². The predicted molar refractivity (Wildman–Crippen MR) is 121 cm³/mol. The number of piperazine rings is 1. The Morgan fingerprint density at radius 1 is 1.23 bits per heavy atom. The van der Waals surface area contributed by atoms with Crippen molar-refractivity contribution in [2.24, 2.45) is 0 Å². The first-order chi connectivity index (χ1) is 15.0. The zero-order valence-corrected chi connectivity index (χ0v) is 18.0. The van der Waals surface area contributed by atoms with Crippen molar-refractivity contribution in [2.75, 3.05) is 24.5 Å². The molecule has 160 valence electrons. The molecule has 4 rings (SSSR count). The van der Waals surface area contributed by atoms with Crippen molar-refractivity contribution in [3.05, 3.63) is 64.4 Å². The van der Waals surface area contributed by atoms with E-state index in [0.717, 1.165) is 28.9 Å². The van der Waals surface area contributed by atoms with Gasteiger partial charge in [0.2, 0.25) is 11.8 Å². The third kappa shape index (κ3) is 5.00. The SMILES string of the molecule is Cc1cccc(-c2n[nH]c(=S)n2CC(=O)NCc2ccc(N3CCNC(=O)C3)cc2)c1. The second kappa shape index (κ2) is 9.13. The highest BCUT2D eigenvalue weighted by atomic mass is 32.1. The quantitative estimate of drug-likeness (QED) is 0.515. The molecule has 0 saturated carbocycles. The minimum Gasteiger partial charge on any atom is -0.360 e. The fourth-order valence-electron chi connectivity index (χ4n) is 3.55. The fraction of sp³-hybridized carbons (Fsp3) is 0.273. The molecule has 0 spiro atoms. The number of carbonyl (C=O) groups is 2. The van der Waals surface area contributed by atoms with Crippen molar-refractivity contribution in [1.82, 2.24) is 25.4 Å². The molecular formula is C22H24N6O2S. The van der Waals surface area contributed by atoms with Crippen molar-refractivity contribution in [3.63, 3.8) is 0 Å². The van der Waals surface area contributed by atoms with Gasteiger partial charge in [-0.25, -0.2) is 0 Å². The van der Waals surface area contributed by atoms with Crippen LogP contribution >= 0.6 is 12.2 Å². The van der Waals surface area contributed by atoms with Crippen molar-refractivity contribution >= 4 is 29.7 Å². The highest BCUT2D eigenvalue weighted by Crippen LogP contribution is 2.19. The Hall–Kier alpha value is -3.46. The number of anilines is 1. The minimum atomic E-state index is -0.150. The van der Waals surface area contributed by atoms with Crippen molar-refractivity contribution in [2.45, 2.75) is 20.0 Å². The molecule has 8 nitrogen and oxygen atoms in total. The summed E-state index contributed by atoms with van der Waals surface area (Å²) >= 11 is 5.32. The van der Waals surface area contributed by atoms with Crippen LogP contribution < -0.4 is 15.5 Å². The summed E-state index contributed by atoms with van der Waals surface area (Å²) in [5.41, 5.74) is 3.99. The van der Waals surface area contributed by atoms with E-state index >= 15 is 0 Å². The van der Waals surface area contributed by atoms with E-state index in [-0.39, 0.29) is 18.4 Å². The number of aromatic amines is 1. The maximum atomic E-state index is 12.6. The van der Waals surface area contributed by atoms with E-state index in [1.165, 1.54) is 0 Å². The van der Waals surface area contributed by atoms with Gasteiger partial charge in [0.15, 0.2) is 10.6 Å². The Labute approximate surface area is 185 Å². The van der Waals surface area contributed by atoms with Gasteiger partial charge in [0.05, 0.1) is 6.54 Å². The van der Waals surface area contributed by atoms with E-state index in [1.807, 2.05) is 60.4 Å². The number of benzene rings is 2. The number of nitrogens with zero attached hydrogens (tertiary/aromatic N) is 3. The lowest BCUT2D eigenvalue weighted by Crippen LogP contribution is -2.47. The standard InChI is InChI=1S/C22H24N6O2S/c1-15-3-2-4-17(11-15)21-25-26-22(31)28(21)14-20(30)24-12-16-5-7-18(8-6-16)27-10-9-23-19(29)13-27/h2-8,11H,9-10,12-14H2,1H3,(H,23,29)(H,24,30)(H,26,31). The summed E-state index contributed by atoms with van der Waals surface area (Å²) < 4.78 is 2.10. The van der Waals surface area contributed by atoms with Gasteiger partial charge in [-0.3, -0.25) is 19.3 Å². The molecule has 1 saturated heterocycles. The molecule has 2 amide bonds. The van der Waals surface area contributed by atoms with Crippen LogP contribution in [0, 0.1) is 11.7 Å². The van der Waals surface area contributed by atoms with Crippen LogP contribution in [0.2, 0.25) is 0 Å². The number of amides is 2. The largest absolute Gasteiger partial charge is 0.360 e. The maximum Gasteiger partial charge on any atom is 0.240 e. The molecule has 0 bridgehead atoms. The van der Waals surface area contributed by atoms with Crippen LogP contribution in [0.4, 0.5) is 5.69 Å². The summed E-state index contributed by atoms with van der Waals surface area (Å²) in [7, 11) is 0. The van der Waals surface area contributed by atoms with E-state index in [2.05, 4.69) is 20.8 Å². The zero-order chi connectivity index (χ0) is 21.8. The van der Waals surface area contributed by atoms with Gasteiger partial charge in [-0.05, 0) is 42.9 Å². The van der Waals surface area contributed by atoms with Crippen LogP contribution in [0.25, 0.3) is 11.4 Å². The van der Waals surface area contributed by atoms with Crippen LogP contribution in [0.15, 0.2) is 48.5 Å². The number of carbonyl (C=O) groups excluding carboxylic acids is 2. The highest BCUT2D eigenvalue weighted by Gasteiger charge is 2.16. The average Bonchev–Trinajstić information content (AvgIpc) is 3.13. The van der Waals surface area contributed by atoms with Gasteiger partial charge in [-0.2, -0.15) is 5.10 Å². The Bertz CT molecular complexity index is 1150. The molecule has 3 N–H and O–H groups in total. The van der Waals surface area contributed by atoms with Crippen LogP contribution in [0.1, 0.15) is 11.1 Å². The molecule has 0 radical (unpaired) electrons. The first-order valence-corrected chi connectivity index (χ1v) is 10.5. The van der Waals surface area contributed by atoms with E-state index in [9.17, 15) is 9.59 Å². The Morgan fingerprint density at radius 2 is 2.03 bits per heavy atom. The molecule has 1 aromatic heterocycles. The van der Waals surface area contributed by atoms with Crippen LogP contribution in [-0.2, 0) is 22.7 Å². The molecule has 3 aromatic rings. The summed E-state index contributed by atoms with van der Waals surface area (Å²) in [6.45, 7) is 4.30. The van der Waals surface area contributed by atoms with Gasteiger partial charge in [0.1, 0.15) is 6.54 Å². The van der Waals surface area contributed by atoms with Gasteiger partial charge in [-0.1, -0.05) is 35.9 Å². The summed E-state index contributed by atoms with van der Waals surface area (Å²) in [6, 6.07) is 15.8. The highest BCUT2D eigenvalue weighted by molar-refractivity contribution is 7.71. The lowest BCUT2D eigenvalue weighted by molar-refractivity contribution is -0.122. The summed E-state index contributed by atoms with van der Waals surface area (Å²) in [4.78, 5) is 26.2. The van der Waals surface area contributed by atoms with Crippen LogP contribution in [-0.4, -0.2) is 46.2 Å². The summed E-state index contributed by atoms with van der Waals surface area (Å²) in [5, 5.41) is 12.8. The molecule has 2 aromatic carbocycles. The molecule has 1 aliphatic heterocycles. The molecule has 2 heterocycles. The van der Waals surface area contributed by atoms with Gasteiger partial charge in [-0.15, -0.1) is 0 Å². The molecular weight excluding hydrogens is 412 g/mol. The summed E-state index contributed by atoms with van der Waals surface area (Å²) in [6.07, 6.45) is 0. The second-order valence-electron chi connectivity index (χ2n) is 7.52. The van der Waals surface area contributed by atoms with E-state index in [0.29, 0.717) is 30.2 Å². The maximum absolute atomic E-state index is 12.6. The molecule has 0 aliphatic carbocycles. The fourth-order valence-corrected chi connectivity index (χ4v) is 3.75. The molecule has 9 heteroatoms. The van der Waals surface area contributed by atoms with E-state index in [4.69, 9.17) is 12.2 Å². The number of aromatic nitrogens is 3. The van der Waals surface area contributed by atoms with Crippen molar-refractivity contribution < 1.29 is 9.59 Å². The van der Waals surface area contributed by atoms with E-state index in [1.54, 1.807) is 4.57 Å². The lowest BCUT2D eigenvalue weighted by atomic mass is 10.1. The third-order valence-corrected chi connectivity index (χ3v) is 5.48. The molecule has 1 fully saturated rings. The molecule has 0 atom stereocenters. The number of rotatable bonds is 6. The first-order valence-electron chi connectivity index (χ1n) is 10.1. The molecule has 1 aliphatic rings. The number of hydrogen-bond acceptors (Lipinski definition) is 5. The van der Waals surface area contributed by atoms with Crippen molar-refractivity contribution in [1.29, 1.82) is 0 Å². The van der Waals surface area contributed by atoms with Gasteiger partial charge in [0.25, 0.3) is 0 Å². The smallest absolute Gasteiger partial charge is 0.240 e. The lowest BCUT2D eigenvalue weighted by Gasteiger charge is -2.28. The number of nitrogens with one attached hydrogen (secondary N) is 3. The Kier molecular flexibility index (Phi) is 6.13.